The number of carboxylic acid groups (broad SMARTS) is 1. The Morgan fingerprint density at radius 3 is 2.62 bits per heavy atom. The average Bonchev–Trinajstić information content (AvgIpc) is 2.48. The van der Waals surface area contributed by atoms with E-state index in [9.17, 15) is 9.59 Å². The predicted octanol–water partition coefficient (Wildman–Crippen LogP) is 2.09. The Kier molecular flexibility index (Phi) is 3.86. The van der Waals surface area contributed by atoms with E-state index in [0.29, 0.717) is 5.56 Å². The molecule has 4 N–H and O–H groups in total. The summed E-state index contributed by atoms with van der Waals surface area (Å²) in [4.78, 5) is 23.2. The minimum absolute atomic E-state index is 0.0974. The second kappa shape index (κ2) is 5.75. The van der Waals surface area contributed by atoms with Gasteiger partial charge in [0.2, 0.25) is 0 Å². The molecule has 0 fully saturated rings. The van der Waals surface area contributed by atoms with Gasteiger partial charge in [-0.25, -0.2) is 4.79 Å². The van der Waals surface area contributed by atoms with Gasteiger partial charge in [0, 0.05) is 11.3 Å². The largest absolute Gasteiger partial charge is 0.478 e. The molecule has 2 aromatic carbocycles. The van der Waals surface area contributed by atoms with Gasteiger partial charge in [-0.1, -0.05) is 6.07 Å². The number of benzene rings is 2. The molecule has 0 aliphatic rings. The van der Waals surface area contributed by atoms with E-state index in [1.165, 1.54) is 30.3 Å². The van der Waals surface area contributed by atoms with Crippen LogP contribution in [0.1, 0.15) is 26.3 Å². The van der Waals surface area contributed by atoms with E-state index >= 15 is 0 Å². The van der Waals surface area contributed by atoms with Gasteiger partial charge in [0.05, 0.1) is 22.9 Å². The molecule has 0 saturated carbocycles. The number of nitrogens with two attached hydrogens (primary N) is 1. The number of anilines is 2. The lowest BCUT2D eigenvalue weighted by molar-refractivity contribution is 0.0698. The van der Waals surface area contributed by atoms with E-state index in [1.807, 2.05) is 6.07 Å². The highest BCUT2D eigenvalue weighted by atomic mass is 16.4. The predicted molar refractivity (Wildman–Crippen MR) is 76.9 cm³/mol. The number of aromatic carboxylic acids is 1. The van der Waals surface area contributed by atoms with Crippen LogP contribution in [0.2, 0.25) is 0 Å². The zero-order valence-corrected chi connectivity index (χ0v) is 10.8. The summed E-state index contributed by atoms with van der Waals surface area (Å²) in [5, 5.41) is 20.4. The summed E-state index contributed by atoms with van der Waals surface area (Å²) in [6.45, 7) is 0. The molecule has 0 unspecified atom stereocenters. The third kappa shape index (κ3) is 3.16. The van der Waals surface area contributed by atoms with Crippen molar-refractivity contribution >= 4 is 23.3 Å². The lowest BCUT2D eigenvalue weighted by Gasteiger charge is -2.09. The van der Waals surface area contributed by atoms with Crippen molar-refractivity contribution in [3.8, 4) is 6.07 Å². The van der Waals surface area contributed by atoms with Crippen LogP contribution in [0.25, 0.3) is 0 Å². The van der Waals surface area contributed by atoms with Crippen LogP contribution in [0.3, 0.4) is 0 Å². The zero-order chi connectivity index (χ0) is 15.4. The van der Waals surface area contributed by atoms with Gasteiger partial charge in [-0.05, 0) is 36.4 Å². The lowest BCUT2D eigenvalue weighted by Crippen LogP contribution is -2.15. The maximum absolute atomic E-state index is 12.1. The first kappa shape index (κ1) is 14.1. The van der Waals surface area contributed by atoms with Crippen molar-refractivity contribution < 1.29 is 14.7 Å². The smallest absolute Gasteiger partial charge is 0.337 e. The number of nitrogens with one attached hydrogen (secondary N) is 1. The molecule has 0 spiro atoms. The van der Waals surface area contributed by atoms with Gasteiger partial charge in [0.15, 0.2) is 0 Å². The zero-order valence-electron chi connectivity index (χ0n) is 10.8. The Hall–Kier alpha value is -3.33. The highest BCUT2D eigenvalue weighted by Crippen LogP contribution is 2.20. The molecule has 6 nitrogen and oxygen atoms in total. The van der Waals surface area contributed by atoms with E-state index in [0.717, 1.165) is 0 Å². The maximum Gasteiger partial charge on any atom is 0.337 e. The lowest BCUT2D eigenvalue weighted by atomic mass is 10.1. The van der Waals surface area contributed by atoms with Crippen LogP contribution in [0.15, 0.2) is 42.5 Å². The molecule has 0 radical (unpaired) electrons. The van der Waals surface area contributed by atoms with Crippen LogP contribution in [0, 0.1) is 11.3 Å². The molecule has 0 aliphatic carbocycles. The summed E-state index contributed by atoms with van der Waals surface area (Å²) in [5.41, 5.74) is 6.48. The van der Waals surface area contributed by atoms with Crippen molar-refractivity contribution in [2.45, 2.75) is 0 Å². The normalized spacial score (nSPS) is 9.67. The monoisotopic (exact) mass is 281 g/mol. The average molecular weight is 281 g/mol. The van der Waals surface area contributed by atoms with E-state index in [2.05, 4.69) is 5.32 Å². The number of carbonyl (C=O) groups is 2. The Labute approximate surface area is 120 Å². The number of hydrogen-bond acceptors (Lipinski definition) is 4. The second-order valence-corrected chi connectivity index (χ2v) is 4.26. The molecule has 0 aliphatic heterocycles. The molecule has 0 saturated heterocycles. The van der Waals surface area contributed by atoms with Crippen molar-refractivity contribution in [3.63, 3.8) is 0 Å². The molecule has 0 heterocycles. The summed E-state index contributed by atoms with van der Waals surface area (Å²) in [6.07, 6.45) is 0. The summed E-state index contributed by atoms with van der Waals surface area (Å²) >= 11 is 0. The van der Waals surface area contributed by atoms with Crippen LogP contribution >= 0.6 is 0 Å². The molecule has 0 atom stereocenters. The van der Waals surface area contributed by atoms with E-state index in [1.54, 1.807) is 12.1 Å². The fourth-order valence-electron chi connectivity index (χ4n) is 1.77. The summed E-state index contributed by atoms with van der Waals surface area (Å²) < 4.78 is 0. The Balaban J connectivity index is 2.32. The topological polar surface area (TPSA) is 116 Å². The maximum atomic E-state index is 12.1. The van der Waals surface area contributed by atoms with Gasteiger partial charge in [-0.2, -0.15) is 5.26 Å². The number of carboxylic acids is 1. The van der Waals surface area contributed by atoms with Gasteiger partial charge >= 0.3 is 5.97 Å². The van der Waals surface area contributed by atoms with Gasteiger partial charge in [-0.15, -0.1) is 0 Å². The van der Waals surface area contributed by atoms with Crippen LogP contribution in [-0.4, -0.2) is 17.0 Å². The number of amides is 1. The molecule has 2 rings (SSSR count). The van der Waals surface area contributed by atoms with Crippen molar-refractivity contribution in [1.82, 2.24) is 0 Å². The van der Waals surface area contributed by atoms with Crippen LogP contribution in [-0.2, 0) is 0 Å². The molecular formula is C15H11N3O3. The van der Waals surface area contributed by atoms with Crippen molar-refractivity contribution in [2.75, 3.05) is 11.1 Å². The third-order valence-electron chi connectivity index (χ3n) is 2.78. The highest BCUT2D eigenvalue weighted by molar-refractivity contribution is 6.08. The van der Waals surface area contributed by atoms with Crippen molar-refractivity contribution in [3.05, 3.63) is 59.2 Å². The Morgan fingerprint density at radius 1 is 1.19 bits per heavy atom. The summed E-state index contributed by atoms with van der Waals surface area (Å²) in [5.74, 6) is -1.69. The first-order valence-electron chi connectivity index (χ1n) is 5.95. The van der Waals surface area contributed by atoms with E-state index < -0.39 is 11.9 Å². The van der Waals surface area contributed by atoms with Crippen LogP contribution in [0.4, 0.5) is 11.4 Å². The van der Waals surface area contributed by atoms with Crippen molar-refractivity contribution in [1.29, 1.82) is 5.26 Å². The second-order valence-electron chi connectivity index (χ2n) is 4.26. The number of nitrogens with zero attached hydrogens (tertiary/aromatic N) is 1. The first-order chi connectivity index (χ1) is 10.0. The molecule has 2 aromatic rings. The van der Waals surface area contributed by atoms with Crippen LogP contribution < -0.4 is 11.1 Å². The standard InChI is InChI=1S/C15H11N3O3/c16-8-9-2-1-3-10(6-9)14(19)18-13-5-4-11(17)7-12(13)15(20)21/h1-7H,17H2,(H,18,19)(H,20,21). The molecule has 6 heteroatoms. The minimum atomic E-state index is -1.19. The first-order valence-corrected chi connectivity index (χ1v) is 5.95. The molecule has 21 heavy (non-hydrogen) atoms. The number of rotatable bonds is 3. The third-order valence-corrected chi connectivity index (χ3v) is 2.78. The van der Waals surface area contributed by atoms with Gasteiger partial charge in [0.25, 0.3) is 5.91 Å². The van der Waals surface area contributed by atoms with Crippen molar-refractivity contribution in [2.24, 2.45) is 0 Å². The number of hydrogen-bond donors (Lipinski definition) is 3. The van der Waals surface area contributed by atoms with Gasteiger partial charge in [-0.3, -0.25) is 4.79 Å². The fourth-order valence-corrected chi connectivity index (χ4v) is 1.77. The van der Waals surface area contributed by atoms with Crippen LogP contribution in [0.5, 0.6) is 0 Å². The molecule has 0 bridgehead atoms. The number of nitriles is 1. The summed E-state index contributed by atoms with van der Waals surface area (Å²) in [6, 6.07) is 12.2. The quantitative estimate of drug-likeness (QED) is 0.745. The number of nitrogen functional groups attached to an aromatic ring is 1. The Morgan fingerprint density at radius 2 is 1.95 bits per heavy atom. The summed E-state index contributed by atoms with van der Waals surface area (Å²) in [7, 11) is 0. The Bertz CT molecular complexity index is 763. The molecule has 104 valence electrons. The van der Waals surface area contributed by atoms with Gasteiger partial charge < -0.3 is 16.2 Å². The molecular weight excluding hydrogens is 270 g/mol. The molecule has 1 amide bonds. The van der Waals surface area contributed by atoms with E-state index in [4.69, 9.17) is 16.1 Å². The fraction of sp³-hybridized carbons (Fsp3) is 0. The highest BCUT2D eigenvalue weighted by Gasteiger charge is 2.14. The SMILES string of the molecule is N#Cc1cccc(C(=O)Nc2ccc(N)cc2C(=O)O)c1. The van der Waals surface area contributed by atoms with E-state index in [-0.39, 0.29) is 22.5 Å². The number of carbonyl (C=O) groups excluding carboxylic acids is 1. The molecule has 0 aromatic heterocycles. The minimum Gasteiger partial charge on any atom is -0.478 e. The van der Waals surface area contributed by atoms with Gasteiger partial charge in [0.1, 0.15) is 0 Å².